The van der Waals surface area contributed by atoms with Gasteiger partial charge in [0.25, 0.3) is 0 Å². The van der Waals surface area contributed by atoms with Crippen molar-refractivity contribution in [2.24, 2.45) is 28.7 Å². The van der Waals surface area contributed by atoms with E-state index in [2.05, 4.69) is 21.3 Å². The Bertz CT molecular complexity index is 835. The number of unbranched alkanes of at least 4 members (excludes halogenated alkanes) is 4. The summed E-state index contributed by atoms with van der Waals surface area (Å²) in [5.74, 6) is -3.88. The van der Waals surface area contributed by atoms with Gasteiger partial charge in [-0.15, -0.1) is 0 Å². The van der Waals surface area contributed by atoms with E-state index in [1.165, 1.54) is 0 Å². The summed E-state index contributed by atoms with van der Waals surface area (Å²) in [6.07, 6.45) is 5.12. The fourth-order valence-corrected chi connectivity index (χ4v) is 4.21. The zero-order chi connectivity index (χ0) is 32.6. The number of amides is 4. The first-order chi connectivity index (χ1) is 20.6. The first-order valence-electron chi connectivity index (χ1n) is 15.2. The topological polar surface area (TPSA) is 304 Å². The number of nitrogens with one attached hydrogen (secondary N) is 4. The third-order valence-electron chi connectivity index (χ3n) is 6.83. The van der Waals surface area contributed by atoms with Crippen LogP contribution < -0.4 is 49.9 Å². The Hall–Kier alpha value is -2.89. The molecule has 0 spiro atoms. The van der Waals surface area contributed by atoms with Crippen LogP contribution in [0, 0.1) is 0 Å². The van der Waals surface area contributed by atoms with Crippen LogP contribution in [0.25, 0.3) is 0 Å². The van der Waals surface area contributed by atoms with Crippen molar-refractivity contribution in [2.45, 2.75) is 107 Å². The van der Waals surface area contributed by atoms with Gasteiger partial charge in [0.1, 0.15) is 30.2 Å². The predicted molar refractivity (Wildman–Crippen MR) is 162 cm³/mol. The molecule has 0 aromatic heterocycles. The molecule has 0 heterocycles. The molecule has 0 saturated heterocycles. The minimum Gasteiger partial charge on any atom is -0.480 e. The number of hydrogen-bond donors (Lipinski definition) is 11. The number of rotatable bonds is 26. The molecule has 0 unspecified atom stereocenters. The van der Waals surface area contributed by atoms with E-state index in [4.69, 9.17) is 28.7 Å². The summed E-state index contributed by atoms with van der Waals surface area (Å²) in [5.41, 5.74) is 27.8. The molecule has 0 aliphatic heterocycles. The number of carboxylic acid groups (broad SMARTS) is 1. The standard InChI is InChI=1S/C27H55N9O7/c28-13-5-1-9-19(33-23(38)18(32)17-37)24(39)34-20(10-2-6-14-29)25(40)35-21(11-3-7-15-30)26(41)36-22(27(42)43)12-4-8-16-31/h18-22,37H,1-17,28-32H2,(H,33,38)(H,34,39)(H,35,40)(H,36,41)(H,42,43)/t18-,19-,20+,21+,22+/m1/s1. The molecule has 16 N–H and O–H groups in total. The lowest BCUT2D eigenvalue weighted by Gasteiger charge is -2.26. The van der Waals surface area contributed by atoms with Gasteiger partial charge in [-0.05, 0) is 103 Å². The molecule has 43 heavy (non-hydrogen) atoms. The van der Waals surface area contributed by atoms with Crippen LogP contribution >= 0.6 is 0 Å². The highest BCUT2D eigenvalue weighted by molar-refractivity contribution is 5.95. The second kappa shape index (κ2) is 24.5. The number of carbonyl (C=O) groups is 5. The molecule has 0 saturated carbocycles. The Kier molecular flexibility index (Phi) is 22.9. The van der Waals surface area contributed by atoms with Crippen molar-refractivity contribution in [2.75, 3.05) is 32.8 Å². The van der Waals surface area contributed by atoms with Crippen molar-refractivity contribution in [1.29, 1.82) is 0 Å². The number of aliphatic carboxylic acids is 1. The van der Waals surface area contributed by atoms with Crippen molar-refractivity contribution < 1.29 is 34.2 Å². The Balaban J connectivity index is 5.85. The van der Waals surface area contributed by atoms with Crippen LogP contribution in [-0.2, 0) is 24.0 Å². The molecule has 250 valence electrons. The smallest absolute Gasteiger partial charge is 0.326 e. The monoisotopic (exact) mass is 617 g/mol. The SMILES string of the molecule is NCCCC[C@H](NC(=O)[C@H](CCCCN)NC(=O)[C@H](CCCCN)NC(=O)[C@@H](CCCCN)NC(=O)[C@H](N)CO)C(=O)O. The zero-order valence-electron chi connectivity index (χ0n) is 25.2. The number of aliphatic hydroxyl groups excluding tert-OH is 1. The van der Waals surface area contributed by atoms with Gasteiger partial charge in [0, 0.05) is 0 Å². The predicted octanol–water partition coefficient (Wildman–Crippen LogP) is -3.15. The lowest BCUT2D eigenvalue weighted by atomic mass is 10.0. The molecule has 0 fully saturated rings. The molecule has 0 rings (SSSR count). The van der Waals surface area contributed by atoms with Crippen molar-refractivity contribution in [3.05, 3.63) is 0 Å². The van der Waals surface area contributed by atoms with Crippen LogP contribution in [0.5, 0.6) is 0 Å². The van der Waals surface area contributed by atoms with E-state index in [1.807, 2.05) is 0 Å². The van der Waals surface area contributed by atoms with E-state index >= 15 is 0 Å². The number of carbonyl (C=O) groups excluding carboxylic acids is 4. The zero-order valence-corrected chi connectivity index (χ0v) is 25.2. The van der Waals surface area contributed by atoms with Gasteiger partial charge >= 0.3 is 5.97 Å². The summed E-state index contributed by atoms with van der Waals surface area (Å²) in [4.78, 5) is 64.0. The highest BCUT2D eigenvalue weighted by atomic mass is 16.4. The Morgan fingerprint density at radius 1 is 0.488 bits per heavy atom. The summed E-state index contributed by atoms with van der Waals surface area (Å²) in [6.45, 7) is 0.890. The first-order valence-corrected chi connectivity index (χ1v) is 15.2. The van der Waals surface area contributed by atoms with Crippen molar-refractivity contribution >= 4 is 29.6 Å². The third kappa shape index (κ3) is 17.7. The maximum absolute atomic E-state index is 13.5. The fourth-order valence-electron chi connectivity index (χ4n) is 4.21. The Morgan fingerprint density at radius 3 is 1.05 bits per heavy atom. The van der Waals surface area contributed by atoms with E-state index in [1.54, 1.807) is 0 Å². The van der Waals surface area contributed by atoms with Crippen LogP contribution in [0.2, 0.25) is 0 Å². The molecular weight excluding hydrogens is 562 g/mol. The van der Waals surface area contributed by atoms with E-state index in [9.17, 15) is 34.2 Å². The van der Waals surface area contributed by atoms with E-state index in [0.29, 0.717) is 77.5 Å². The molecule has 0 bridgehead atoms. The summed E-state index contributed by atoms with van der Waals surface area (Å²) >= 11 is 0. The van der Waals surface area contributed by atoms with Crippen molar-refractivity contribution in [3.63, 3.8) is 0 Å². The maximum Gasteiger partial charge on any atom is 0.326 e. The average Bonchev–Trinajstić information content (AvgIpc) is 2.98. The highest BCUT2D eigenvalue weighted by Crippen LogP contribution is 2.09. The molecule has 0 aliphatic rings. The van der Waals surface area contributed by atoms with Gasteiger partial charge in [0.05, 0.1) is 6.61 Å². The fraction of sp³-hybridized carbons (Fsp3) is 0.815. The lowest BCUT2D eigenvalue weighted by Crippen LogP contribution is -2.58. The highest BCUT2D eigenvalue weighted by Gasteiger charge is 2.31. The van der Waals surface area contributed by atoms with Crippen LogP contribution in [0.3, 0.4) is 0 Å². The largest absolute Gasteiger partial charge is 0.480 e. The van der Waals surface area contributed by atoms with Crippen LogP contribution in [0.1, 0.15) is 77.0 Å². The number of hydrogen-bond acceptors (Lipinski definition) is 11. The third-order valence-corrected chi connectivity index (χ3v) is 6.83. The molecule has 5 atom stereocenters. The van der Waals surface area contributed by atoms with Gasteiger partial charge in [-0.2, -0.15) is 0 Å². The number of carboxylic acids is 1. The molecule has 0 aromatic rings. The number of aliphatic hydroxyl groups is 1. The van der Waals surface area contributed by atoms with Crippen molar-refractivity contribution in [1.82, 2.24) is 21.3 Å². The van der Waals surface area contributed by atoms with Gasteiger partial charge in [0.15, 0.2) is 0 Å². The second-order valence-corrected chi connectivity index (χ2v) is 10.5. The van der Waals surface area contributed by atoms with Gasteiger partial charge in [-0.3, -0.25) is 19.2 Å². The van der Waals surface area contributed by atoms with E-state index < -0.39 is 66.4 Å². The Morgan fingerprint density at radius 2 is 0.767 bits per heavy atom. The van der Waals surface area contributed by atoms with E-state index in [-0.39, 0.29) is 25.7 Å². The summed E-state index contributed by atoms with van der Waals surface area (Å²) in [5, 5.41) is 29.2. The molecule has 0 radical (unpaired) electrons. The van der Waals surface area contributed by atoms with Gasteiger partial charge in [-0.25, -0.2) is 4.79 Å². The number of nitrogens with two attached hydrogens (primary N) is 5. The molecule has 0 aromatic carbocycles. The van der Waals surface area contributed by atoms with Crippen LogP contribution in [-0.4, -0.2) is 103 Å². The van der Waals surface area contributed by atoms with Gasteiger partial charge in [-0.1, -0.05) is 0 Å². The molecule has 0 aliphatic carbocycles. The summed E-state index contributed by atoms with van der Waals surface area (Å²) in [6, 6.07) is -5.59. The Labute approximate surface area is 254 Å². The summed E-state index contributed by atoms with van der Waals surface area (Å²) < 4.78 is 0. The normalized spacial score (nSPS) is 14.6. The second-order valence-electron chi connectivity index (χ2n) is 10.5. The van der Waals surface area contributed by atoms with Gasteiger partial charge < -0.3 is 60.1 Å². The quantitative estimate of drug-likeness (QED) is 0.0429. The average molecular weight is 618 g/mol. The summed E-state index contributed by atoms with van der Waals surface area (Å²) in [7, 11) is 0. The van der Waals surface area contributed by atoms with Crippen LogP contribution in [0.15, 0.2) is 0 Å². The molecule has 16 heteroatoms. The van der Waals surface area contributed by atoms with Crippen molar-refractivity contribution in [3.8, 4) is 0 Å². The molecule has 16 nitrogen and oxygen atoms in total. The maximum atomic E-state index is 13.5. The minimum absolute atomic E-state index is 0.177. The van der Waals surface area contributed by atoms with Crippen LogP contribution in [0.4, 0.5) is 0 Å². The van der Waals surface area contributed by atoms with E-state index in [0.717, 1.165) is 0 Å². The lowest BCUT2D eigenvalue weighted by molar-refractivity contribution is -0.142. The van der Waals surface area contributed by atoms with Gasteiger partial charge in [0.2, 0.25) is 23.6 Å². The minimum atomic E-state index is -1.23. The molecule has 4 amide bonds. The first kappa shape index (κ1) is 40.1. The molecular formula is C27H55N9O7.